The van der Waals surface area contributed by atoms with Crippen molar-refractivity contribution in [3.8, 4) is 5.75 Å². The summed E-state index contributed by atoms with van der Waals surface area (Å²) in [6.07, 6.45) is 0. The average Bonchev–Trinajstić information content (AvgIpc) is 3.07. The third-order valence-electron chi connectivity index (χ3n) is 3.80. The average molecular weight is 345 g/mol. The van der Waals surface area contributed by atoms with Crippen molar-refractivity contribution in [2.45, 2.75) is 44.7 Å². The summed E-state index contributed by atoms with van der Waals surface area (Å²) in [6.45, 7) is 8.24. The molecule has 1 amide bonds. The minimum absolute atomic E-state index is 0.0132. The second kappa shape index (κ2) is 6.51. The van der Waals surface area contributed by atoms with Crippen LogP contribution in [0.4, 0.5) is 5.82 Å². The van der Waals surface area contributed by atoms with Gasteiger partial charge in [0.1, 0.15) is 11.6 Å². The first-order valence-corrected chi connectivity index (χ1v) is 9.18. The molecule has 5 nitrogen and oxygen atoms in total. The normalized spacial score (nSPS) is 13.7. The zero-order valence-electron chi connectivity index (χ0n) is 14.5. The number of nitrogens with one attached hydrogen (secondary N) is 1. The Morgan fingerprint density at radius 3 is 2.88 bits per heavy atom. The van der Waals surface area contributed by atoms with Gasteiger partial charge in [0.2, 0.25) is 0 Å². The number of aromatic nitrogens is 2. The molecule has 2 heterocycles. The van der Waals surface area contributed by atoms with E-state index in [-0.39, 0.29) is 18.1 Å². The van der Waals surface area contributed by atoms with Crippen molar-refractivity contribution in [2.24, 2.45) is 0 Å². The molecular formula is C18H23N3O2S. The molecule has 1 aliphatic heterocycles. The summed E-state index contributed by atoms with van der Waals surface area (Å²) < 4.78 is 7.51. The van der Waals surface area contributed by atoms with E-state index in [1.807, 2.05) is 47.6 Å². The molecule has 1 aliphatic rings. The summed E-state index contributed by atoms with van der Waals surface area (Å²) in [5.41, 5.74) is 3.13. The van der Waals surface area contributed by atoms with Crippen LogP contribution in [-0.2, 0) is 21.8 Å². The Balaban J connectivity index is 1.72. The number of rotatable bonds is 4. The largest absolute Gasteiger partial charge is 0.484 e. The fourth-order valence-electron chi connectivity index (χ4n) is 2.65. The van der Waals surface area contributed by atoms with E-state index in [1.54, 1.807) is 0 Å². The van der Waals surface area contributed by atoms with Gasteiger partial charge in [-0.15, -0.1) is 0 Å². The number of carbonyl (C=O) groups excluding carboxylic acids is 1. The number of aryl methyl sites for hydroxylation is 1. The van der Waals surface area contributed by atoms with E-state index < -0.39 is 0 Å². The monoisotopic (exact) mass is 345 g/mol. The molecule has 0 unspecified atom stereocenters. The van der Waals surface area contributed by atoms with Crippen molar-refractivity contribution >= 4 is 23.5 Å². The molecule has 2 aromatic rings. The van der Waals surface area contributed by atoms with Crippen LogP contribution in [0.5, 0.6) is 5.75 Å². The first-order chi connectivity index (χ1) is 11.3. The van der Waals surface area contributed by atoms with Gasteiger partial charge < -0.3 is 10.1 Å². The van der Waals surface area contributed by atoms with Crippen LogP contribution in [0.15, 0.2) is 24.3 Å². The second-order valence-corrected chi connectivity index (χ2v) is 7.99. The van der Waals surface area contributed by atoms with E-state index in [0.29, 0.717) is 5.75 Å². The first-order valence-electron chi connectivity index (χ1n) is 8.03. The van der Waals surface area contributed by atoms with E-state index in [0.717, 1.165) is 34.1 Å². The van der Waals surface area contributed by atoms with Gasteiger partial charge in [0, 0.05) is 17.1 Å². The Kier molecular flexibility index (Phi) is 4.58. The first kappa shape index (κ1) is 16.9. The Labute approximate surface area is 146 Å². The lowest BCUT2D eigenvalue weighted by Crippen LogP contribution is -2.29. The molecule has 1 N–H and O–H groups in total. The van der Waals surface area contributed by atoms with Crippen molar-refractivity contribution < 1.29 is 9.53 Å². The molecule has 0 saturated heterocycles. The zero-order chi connectivity index (χ0) is 17.3. The molecule has 0 bridgehead atoms. The number of hydrogen-bond acceptors (Lipinski definition) is 4. The second-order valence-electron chi connectivity index (χ2n) is 7.00. The van der Waals surface area contributed by atoms with Crippen LogP contribution in [-0.4, -0.2) is 22.3 Å². The molecule has 6 heteroatoms. The number of nitrogens with zero attached hydrogens (tertiary/aromatic N) is 2. The van der Waals surface area contributed by atoms with Gasteiger partial charge in [-0.2, -0.15) is 16.9 Å². The smallest absolute Gasteiger partial charge is 0.263 e. The molecule has 3 rings (SSSR count). The van der Waals surface area contributed by atoms with Crippen LogP contribution >= 0.6 is 11.8 Å². The molecule has 0 saturated carbocycles. The van der Waals surface area contributed by atoms with Gasteiger partial charge in [-0.25, -0.2) is 4.68 Å². The minimum Gasteiger partial charge on any atom is -0.484 e. The van der Waals surface area contributed by atoms with Crippen LogP contribution in [0, 0.1) is 6.92 Å². The maximum atomic E-state index is 12.4. The Hall–Kier alpha value is -1.95. The maximum absolute atomic E-state index is 12.4. The lowest BCUT2D eigenvalue weighted by atomic mass is 10.1. The number of ether oxygens (including phenoxy) is 1. The van der Waals surface area contributed by atoms with Gasteiger partial charge >= 0.3 is 0 Å². The van der Waals surface area contributed by atoms with Crippen molar-refractivity contribution in [3.05, 3.63) is 41.1 Å². The lowest BCUT2D eigenvalue weighted by molar-refractivity contribution is -0.118. The molecule has 1 aromatic heterocycles. The Morgan fingerprint density at radius 1 is 1.38 bits per heavy atom. The van der Waals surface area contributed by atoms with E-state index in [9.17, 15) is 4.79 Å². The van der Waals surface area contributed by atoms with Gasteiger partial charge in [-0.05, 0) is 45.4 Å². The Morgan fingerprint density at radius 2 is 2.17 bits per heavy atom. The van der Waals surface area contributed by atoms with Gasteiger partial charge in [-0.3, -0.25) is 4.79 Å². The van der Waals surface area contributed by atoms with Gasteiger partial charge in [0.05, 0.1) is 11.2 Å². The number of anilines is 1. The fraction of sp³-hybridized carbons (Fsp3) is 0.444. The van der Waals surface area contributed by atoms with Gasteiger partial charge in [0.15, 0.2) is 6.61 Å². The summed E-state index contributed by atoms with van der Waals surface area (Å²) in [6, 6.07) is 7.69. The summed E-state index contributed by atoms with van der Waals surface area (Å²) >= 11 is 1.82. The molecule has 1 aromatic carbocycles. The number of carbonyl (C=O) groups is 1. The molecule has 0 radical (unpaired) electrons. The molecule has 128 valence electrons. The number of hydrogen-bond donors (Lipinski definition) is 1. The highest BCUT2D eigenvalue weighted by Crippen LogP contribution is 2.37. The van der Waals surface area contributed by atoms with Gasteiger partial charge in [0.25, 0.3) is 5.91 Å². The van der Waals surface area contributed by atoms with E-state index in [4.69, 9.17) is 4.74 Å². The van der Waals surface area contributed by atoms with E-state index in [2.05, 4.69) is 31.2 Å². The van der Waals surface area contributed by atoms with Gasteiger partial charge in [-0.1, -0.05) is 12.1 Å². The minimum atomic E-state index is -0.185. The van der Waals surface area contributed by atoms with Crippen LogP contribution in [0.2, 0.25) is 0 Å². The fourth-order valence-corrected chi connectivity index (χ4v) is 3.68. The highest BCUT2D eigenvalue weighted by Gasteiger charge is 2.28. The van der Waals surface area contributed by atoms with Crippen LogP contribution in [0.3, 0.4) is 0 Å². The van der Waals surface area contributed by atoms with E-state index in [1.165, 1.54) is 0 Å². The molecule has 24 heavy (non-hydrogen) atoms. The summed E-state index contributed by atoms with van der Waals surface area (Å²) in [4.78, 5) is 12.4. The van der Waals surface area contributed by atoms with Crippen molar-refractivity contribution in [1.82, 2.24) is 9.78 Å². The predicted molar refractivity (Wildman–Crippen MR) is 97.5 cm³/mol. The van der Waals surface area contributed by atoms with Crippen molar-refractivity contribution in [1.29, 1.82) is 0 Å². The zero-order valence-corrected chi connectivity index (χ0v) is 15.4. The lowest BCUT2D eigenvalue weighted by Gasteiger charge is -2.23. The summed E-state index contributed by atoms with van der Waals surface area (Å²) in [5, 5.41) is 7.69. The third-order valence-corrected chi connectivity index (χ3v) is 4.77. The molecule has 0 fully saturated rings. The number of amides is 1. The molecule has 0 aliphatic carbocycles. The van der Waals surface area contributed by atoms with Crippen molar-refractivity contribution in [2.75, 3.05) is 11.9 Å². The highest BCUT2D eigenvalue weighted by molar-refractivity contribution is 7.98. The Bertz CT molecular complexity index is 762. The SMILES string of the molecule is Cc1cccc(OCC(=O)Nc2c3c(nn2C(C)(C)C)CSC3)c1. The van der Waals surface area contributed by atoms with Crippen LogP contribution in [0.25, 0.3) is 0 Å². The third kappa shape index (κ3) is 3.59. The standard InChI is InChI=1S/C18H23N3O2S/c1-12-6-5-7-13(8-12)23-9-16(22)19-17-14-10-24-11-15(14)20-21(17)18(2,3)4/h5-8H,9-11H2,1-4H3,(H,19,22). The maximum Gasteiger partial charge on any atom is 0.263 e. The van der Waals surface area contributed by atoms with Crippen LogP contribution < -0.4 is 10.1 Å². The highest BCUT2D eigenvalue weighted by atomic mass is 32.2. The number of benzene rings is 1. The molecular weight excluding hydrogens is 322 g/mol. The summed E-state index contributed by atoms with van der Waals surface area (Å²) in [5.74, 6) is 3.14. The topological polar surface area (TPSA) is 56.1 Å². The summed E-state index contributed by atoms with van der Waals surface area (Å²) in [7, 11) is 0. The number of thioether (sulfide) groups is 1. The molecule has 0 atom stereocenters. The number of fused-ring (bicyclic) bond motifs is 1. The molecule has 0 spiro atoms. The quantitative estimate of drug-likeness (QED) is 0.918. The van der Waals surface area contributed by atoms with Crippen molar-refractivity contribution in [3.63, 3.8) is 0 Å². The van der Waals surface area contributed by atoms with E-state index >= 15 is 0 Å². The van der Waals surface area contributed by atoms with Crippen LogP contribution in [0.1, 0.15) is 37.6 Å². The predicted octanol–water partition coefficient (Wildman–Crippen LogP) is 3.71.